The van der Waals surface area contributed by atoms with Gasteiger partial charge in [0.05, 0.1) is 0 Å². The van der Waals surface area contributed by atoms with Gasteiger partial charge < -0.3 is 10.6 Å². The highest BCUT2D eigenvalue weighted by atomic mass is 127. The molecule has 0 radical (unpaired) electrons. The van der Waals surface area contributed by atoms with E-state index < -0.39 is 0 Å². The highest BCUT2D eigenvalue weighted by Gasteiger charge is 2.10. The van der Waals surface area contributed by atoms with Gasteiger partial charge in [0.2, 0.25) is 0 Å². The van der Waals surface area contributed by atoms with Crippen molar-refractivity contribution < 1.29 is 0 Å². The molecule has 0 unspecified atom stereocenters. The van der Waals surface area contributed by atoms with Gasteiger partial charge >= 0.3 is 0 Å². The van der Waals surface area contributed by atoms with Crippen LogP contribution in [-0.4, -0.2) is 25.6 Å². The molecule has 3 nitrogen and oxygen atoms in total. The van der Waals surface area contributed by atoms with Gasteiger partial charge in [-0.25, -0.2) is 0 Å². The Balaban J connectivity index is 0.00000289. The molecule has 18 heavy (non-hydrogen) atoms. The van der Waals surface area contributed by atoms with Crippen molar-refractivity contribution in [3.05, 3.63) is 12.2 Å². The first-order valence-electron chi connectivity index (χ1n) is 6.84. The van der Waals surface area contributed by atoms with E-state index in [2.05, 4.69) is 41.6 Å². The maximum atomic E-state index is 4.25. The number of hydrogen-bond acceptors (Lipinski definition) is 1. The monoisotopic (exact) mass is 365 g/mol. The van der Waals surface area contributed by atoms with Crippen molar-refractivity contribution in [3.8, 4) is 0 Å². The molecular formula is C14H28IN3. The summed E-state index contributed by atoms with van der Waals surface area (Å²) in [5, 5.41) is 6.82. The Kier molecular flexibility index (Phi) is 10.5. The zero-order valence-electron chi connectivity index (χ0n) is 11.9. The summed E-state index contributed by atoms with van der Waals surface area (Å²) in [5.41, 5.74) is 0. The summed E-state index contributed by atoms with van der Waals surface area (Å²) < 4.78 is 0. The molecule has 0 saturated carbocycles. The smallest absolute Gasteiger partial charge is 0.191 e. The van der Waals surface area contributed by atoms with Crippen molar-refractivity contribution in [2.45, 2.75) is 52.0 Å². The first-order valence-corrected chi connectivity index (χ1v) is 6.84. The van der Waals surface area contributed by atoms with Gasteiger partial charge in [-0.3, -0.25) is 4.99 Å². The number of guanidine groups is 1. The lowest BCUT2D eigenvalue weighted by Gasteiger charge is -2.16. The molecule has 106 valence electrons. The first kappa shape index (κ1) is 17.7. The molecule has 0 amide bonds. The Morgan fingerprint density at radius 3 is 2.50 bits per heavy atom. The van der Waals surface area contributed by atoms with Gasteiger partial charge in [0, 0.05) is 19.6 Å². The predicted octanol–water partition coefficient (Wildman–Crippen LogP) is 3.31. The van der Waals surface area contributed by atoms with E-state index in [-0.39, 0.29) is 24.0 Å². The molecule has 0 atom stereocenters. The van der Waals surface area contributed by atoms with E-state index in [1.165, 1.54) is 19.3 Å². The summed E-state index contributed by atoms with van der Waals surface area (Å²) in [6, 6.07) is 0.539. The predicted molar refractivity (Wildman–Crippen MR) is 90.8 cm³/mol. The summed E-state index contributed by atoms with van der Waals surface area (Å²) >= 11 is 0. The van der Waals surface area contributed by atoms with Crippen molar-refractivity contribution in [2.75, 3.05) is 13.6 Å². The summed E-state index contributed by atoms with van der Waals surface area (Å²) in [6.07, 6.45) is 10.5. The van der Waals surface area contributed by atoms with Crippen LogP contribution in [0, 0.1) is 5.92 Å². The molecule has 0 spiro atoms. The van der Waals surface area contributed by atoms with Crippen LogP contribution in [0.3, 0.4) is 0 Å². The van der Waals surface area contributed by atoms with Crippen LogP contribution in [0.25, 0.3) is 0 Å². The summed E-state index contributed by atoms with van der Waals surface area (Å²) in [4.78, 5) is 4.25. The van der Waals surface area contributed by atoms with Crippen molar-refractivity contribution in [1.29, 1.82) is 0 Å². The lowest BCUT2D eigenvalue weighted by molar-refractivity contribution is 0.533. The van der Waals surface area contributed by atoms with Gasteiger partial charge in [-0.15, -0.1) is 24.0 Å². The minimum absolute atomic E-state index is 0. The van der Waals surface area contributed by atoms with Gasteiger partial charge in [0.1, 0.15) is 0 Å². The van der Waals surface area contributed by atoms with Gasteiger partial charge in [-0.1, -0.05) is 38.8 Å². The second-order valence-corrected chi connectivity index (χ2v) is 5.17. The third kappa shape index (κ3) is 7.95. The SMILES string of the molecule is CN=C(NCCCCC(C)C)NC1CC=CC1.I. The maximum absolute atomic E-state index is 4.25. The molecule has 0 aromatic rings. The molecule has 0 aliphatic heterocycles. The third-order valence-corrected chi connectivity index (χ3v) is 3.07. The Hall–Kier alpha value is -0.260. The van der Waals surface area contributed by atoms with E-state index in [0.29, 0.717) is 6.04 Å². The lowest BCUT2D eigenvalue weighted by Crippen LogP contribution is -2.42. The fourth-order valence-electron chi connectivity index (χ4n) is 2.01. The number of hydrogen-bond donors (Lipinski definition) is 2. The zero-order chi connectivity index (χ0) is 12.5. The molecule has 0 aromatic heterocycles. The molecule has 0 bridgehead atoms. The average molecular weight is 365 g/mol. The number of aliphatic imine (C=N–C) groups is 1. The standard InChI is InChI=1S/C14H27N3.HI/c1-12(2)8-6-7-11-16-14(15-3)17-13-9-4-5-10-13;/h4-5,12-13H,6-11H2,1-3H3,(H2,15,16,17);1H. The molecule has 0 heterocycles. The normalized spacial score (nSPS) is 15.9. The Labute approximate surface area is 129 Å². The zero-order valence-corrected chi connectivity index (χ0v) is 14.2. The molecule has 0 aromatic carbocycles. The average Bonchev–Trinajstić information content (AvgIpc) is 2.79. The number of rotatable bonds is 6. The van der Waals surface area contributed by atoms with Crippen LogP contribution < -0.4 is 10.6 Å². The second-order valence-electron chi connectivity index (χ2n) is 5.17. The van der Waals surface area contributed by atoms with Gasteiger partial charge in [0.25, 0.3) is 0 Å². The highest BCUT2D eigenvalue weighted by Crippen LogP contribution is 2.08. The quantitative estimate of drug-likeness (QED) is 0.249. The molecular weight excluding hydrogens is 337 g/mol. The topological polar surface area (TPSA) is 36.4 Å². The molecule has 0 fully saturated rings. The maximum Gasteiger partial charge on any atom is 0.191 e. The Bertz CT molecular complexity index is 254. The van der Waals surface area contributed by atoms with Crippen LogP contribution in [0.15, 0.2) is 17.1 Å². The van der Waals surface area contributed by atoms with E-state index in [9.17, 15) is 0 Å². The number of halogens is 1. The van der Waals surface area contributed by atoms with E-state index in [4.69, 9.17) is 0 Å². The fourth-order valence-corrected chi connectivity index (χ4v) is 2.01. The van der Waals surface area contributed by atoms with Crippen LogP contribution in [0.2, 0.25) is 0 Å². The number of nitrogens with zero attached hydrogens (tertiary/aromatic N) is 1. The highest BCUT2D eigenvalue weighted by molar-refractivity contribution is 14.0. The molecule has 1 rings (SSSR count). The lowest BCUT2D eigenvalue weighted by atomic mass is 10.1. The summed E-state index contributed by atoms with van der Waals surface area (Å²) in [6.45, 7) is 5.58. The third-order valence-electron chi connectivity index (χ3n) is 3.07. The van der Waals surface area contributed by atoms with Crippen molar-refractivity contribution >= 4 is 29.9 Å². The van der Waals surface area contributed by atoms with Gasteiger partial charge in [-0.2, -0.15) is 0 Å². The van der Waals surface area contributed by atoms with Crippen molar-refractivity contribution in [2.24, 2.45) is 10.9 Å². The van der Waals surface area contributed by atoms with Crippen LogP contribution in [0.5, 0.6) is 0 Å². The van der Waals surface area contributed by atoms with Gasteiger partial charge in [0.15, 0.2) is 5.96 Å². The number of nitrogens with one attached hydrogen (secondary N) is 2. The van der Waals surface area contributed by atoms with Gasteiger partial charge in [-0.05, 0) is 25.2 Å². The van der Waals surface area contributed by atoms with E-state index in [0.717, 1.165) is 31.3 Å². The van der Waals surface area contributed by atoms with E-state index in [1.54, 1.807) is 0 Å². The van der Waals surface area contributed by atoms with Crippen LogP contribution >= 0.6 is 24.0 Å². The second kappa shape index (κ2) is 10.6. The Morgan fingerprint density at radius 2 is 1.94 bits per heavy atom. The molecule has 4 heteroatoms. The largest absolute Gasteiger partial charge is 0.356 e. The van der Waals surface area contributed by atoms with E-state index in [1.807, 2.05) is 7.05 Å². The van der Waals surface area contributed by atoms with Crippen LogP contribution in [-0.2, 0) is 0 Å². The van der Waals surface area contributed by atoms with Crippen molar-refractivity contribution in [3.63, 3.8) is 0 Å². The molecule has 0 saturated heterocycles. The Morgan fingerprint density at radius 1 is 1.28 bits per heavy atom. The minimum Gasteiger partial charge on any atom is -0.356 e. The summed E-state index contributed by atoms with van der Waals surface area (Å²) in [7, 11) is 1.84. The molecule has 1 aliphatic carbocycles. The molecule has 2 N–H and O–H groups in total. The van der Waals surface area contributed by atoms with E-state index >= 15 is 0 Å². The number of unbranched alkanes of at least 4 members (excludes halogenated alkanes) is 1. The van der Waals surface area contributed by atoms with Crippen molar-refractivity contribution in [1.82, 2.24) is 10.6 Å². The summed E-state index contributed by atoms with van der Waals surface area (Å²) in [5.74, 6) is 1.76. The fraction of sp³-hybridized carbons (Fsp3) is 0.786. The molecule has 1 aliphatic rings. The minimum atomic E-state index is 0. The first-order chi connectivity index (χ1) is 8.22. The van der Waals surface area contributed by atoms with Crippen LogP contribution in [0.1, 0.15) is 46.0 Å². The van der Waals surface area contributed by atoms with Crippen LogP contribution in [0.4, 0.5) is 0 Å².